The number of urea groups is 1. The highest BCUT2D eigenvalue weighted by atomic mass is 16.6. The molecule has 700 valence electrons. The number of allylic oxidation sites excluding steroid dienone is 1. The number of aliphatic hydroxyl groups is 4. The second kappa shape index (κ2) is 45.3. The van der Waals surface area contributed by atoms with Crippen LogP contribution in [-0.4, -0.2) is 235 Å². The Hall–Kier alpha value is -9.27. The minimum atomic E-state index is -1.61. The van der Waals surface area contributed by atoms with Crippen molar-refractivity contribution in [1.82, 2.24) is 47.5 Å². The monoisotopic (exact) mass is 1770 g/mol. The average Bonchev–Trinajstić information content (AvgIpc) is 1.17. The lowest BCUT2D eigenvalue weighted by atomic mass is 9.49. The van der Waals surface area contributed by atoms with E-state index in [2.05, 4.69) is 62.0 Å². The third-order valence-electron chi connectivity index (χ3n) is 27.5. The number of nitrogens with two attached hydrogens (primary N) is 1. The molecule has 11 rings (SSSR count). The number of fused-ring (bicyclic) bond motifs is 6. The van der Waals surface area contributed by atoms with E-state index in [-0.39, 0.29) is 177 Å². The zero-order valence-corrected chi connectivity index (χ0v) is 74.5. The zero-order chi connectivity index (χ0) is 91.3. The number of carbonyl (C=O) groups excluding carboxylic acids is 11. The number of nitrogens with one attached hydrogen (secondary N) is 9. The summed E-state index contributed by atoms with van der Waals surface area (Å²) < 4.78 is 40.1. The molecule has 16 atom stereocenters. The fourth-order valence-corrected chi connectivity index (χ4v) is 20.4. The van der Waals surface area contributed by atoms with Crippen molar-refractivity contribution < 1.29 is 111 Å². The topological polar surface area (TPSA) is 494 Å². The van der Waals surface area contributed by atoms with Crippen LogP contribution in [0, 0.1) is 40.4 Å². The average molecular weight is 1780 g/mol. The van der Waals surface area contributed by atoms with Gasteiger partial charge >= 0.3 is 12.1 Å². The van der Waals surface area contributed by atoms with Crippen molar-refractivity contribution in [3.05, 3.63) is 99.9 Å². The number of aryl methyl sites for hydroxylation is 2. The molecule has 0 spiro atoms. The molecule has 3 aromatic carbocycles. The van der Waals surface area contributed by atoms with Crippen LogP contribution in [0.3, 0.4) is 0 Å². The van der Waals surface area contributed by atoms with Crippen LogP contribution in [0.2, 0.25) is 0 Å². The molecule has 5 aliphatic carbocycles. The number of phenols is 1. The highest BCUT2D eigenvalue weighted by Gasteiger charge is 2.59. The second-order valence-corrected chi connectivity index (χ2v) is 36.7. The van der Waals surface area contributed by atoms with Crippen LogP contribution in [0.5, 0.6) is 5.75 Å². The lowest BCUT2D eigenvalue weighted by Gasteiger charge is -2.56. The van der Waals surface area contributed by atoms with E-state index in [0.717, 1.165) is 80.9 Å². The summed E-state index contributed by atoms with van der Waals surface area (Å²) in [5.74, 6) is -5.25. The van der Waals surface area contributed by atoms with Crippen molar-refractivity contribution in [3.63, 3.8) is 0 Å². The molecule has 127 heavy (non-hydrogen) atoms. The molecule has 35 heteroatoms. The lowest BCUT2D eigenvalue weighted by molar-refractivity contribution is -0.266. The molecule has 0 bridgehead atoms. The van der Waals surface area contributed by atoms with Crippen LogP contribution in [0.1, 0.15) is 211 Å². The van der Waals surface area contributed by atoms with Crippen molar-refractivity contribution >= 4 is 76.5 Å². The van der Waals surface area contributed by atoms with E-state index in [4.69, 9.17) is 38.9 Å². The SMILES string of the molecule is CC1CC(=O)N(CCOCCOCCOCCOCCC(=O)N[C@H](CCCCNC(=O)COC2CCCCCC3=C2NNN3[C@@H]2O[C@H](CO)[C@H](O)[C@H](O)[C@H]2O)C(=O)N[C@H](C(=O)C[C@@H](CCCNC(N)=O)C(=O)Nc2ccc(COC(=O)Nc3ccc4c(c3)[C@@]3(C)CCC[C@](C)(C(=O)NC(=O)[C@@]5(C)CCC[C@]6(C)c7cc(O)ccc7CC[C@@H]56)[C@@H]3CC4)cc2)C(C)C)C1=O. The summed E-state index contributed by atoms with van der Waals surface area (Å²) in [6.07, 6.45) is 3.53. The van der Waals surface area contributed by atoms with Gasteiger partial charge in [0.1, 0.15) is 55.5 Å². The first-order chi connectivity index (χ1) is 60.8. The van der Waals surface area contributed by atoms with Crippen molar-refractivity contribution in [2.75, 3.05) is 96.3 Å². The number of phenolic OH excluding ortho intramolecular Hbond substituents is 1. The maximum Gasteiger partial charge on any atom is 0.411 e. The standard InChI is InChI=1S/C92H134N12O23/c1-55(2)76(99-82(115)66(98-73(108)32-40-121-42-44-123-46-47-124-45-43-122-41-39-103-75(110)48-56(3)83(103)116)17-11-12-37-94-74(109)54-125-69-19-10-8-9-18-67-77(69)101-102-104(67)84-80(113)79(112)78(111)70(52-105)127-84)68(107)49-60(16-13-38-95-87(93)119)81(114)96-61-26-20-57(21-27-61)53-126-88(120)97-62-28-22-58-24-30-71-89(4,64(58)50-62)33-14-35-91(71,6)85(117)100-86(118)92(7)36-15-34-90(5)65-51-63(106)29-23-59(65)25-31-72(90)92/h20-23,26-29,50-51,55-56,60,66,69-72,76,78-80,84,101-102,105-106,111-113H,8-19,24-25,30-49,52-54H2,1-7H3,(H,94,109)(H,96,114)(H,97,120)(H,98,108)(H,99,115)(H3,93,95,119)(H,100,117,118)/t56?,60-,66-,69?,70-,71-,72-,76+,78+,79+,80-,84-,89-,90-,91+,92+/m1/s1. The number of ketones is 1. The number of carbonyl (C=O) groups is 11. The van der Waals surface area contributed by atoms with Gasteiger partial charge in [0.25, 0.3) is 0 Å². The second-order valence-electron chi connectivity index (χ2n) is 36.7. The van der Waals surface area contributed by atoms with Gasteiger partial charge < -0.3 is 96.4 Å². The van der Waals surface area contributed by atoms with Gasteiger partial charge in [-0.25, -0.2) is 9.59 Å². The minimum Gasteiger partial charge on any atom is -0.508 e. The number of hydrogen-bond acceptors (Lipinski definition) is 26. The predicted octanol–water partition coefficient (Wildman–Crippen LogP) is 5.92. The van der Waals surface area contributed by atoms with E-state index < -0.39 is 125 Å². The van der Waals surface area contributed by atoms with Crippen molar-refractivity contribution in [2.24, 2.45) is 46.2 Å². The first kappa shape index (κ1) is 98.3. The number of likely N-dealkylation sites (tertiary alicyclic amines) is 1. The molecule has 8 aliphatic rings. The Morgan fingerprint density at radius 3 is 1.90 bits per heavy atom. The van der Waals surface area contributed by atoms with Gasteiger partial charge in [-0.15, -0.1) is 5.53 Å². The van der Waals surface area contributed by atoms with Crippen LogP contribution >= 0.6 is 0 Å². The van der Waals surface area contributed by atoms with E-state index in [0.29, 0.717) is 73.3 Å². The number of hydrogen-bond donors (Lipinski definition) is 15. The Morgan fingerprint density at radius 2 is 1.27 bits per heavy atom. The number of rotatable bonds is 43. The minimum absolute atomic E-state index is 0.0169. The molecule has 35 nitrogen and oxygen atoms in total. The van der Waals surface area contributed by atoms with E-state index in [1.54, 1.807) is 51.1 Å². The Kier molecular flexibility index (Phi) is 35.1. The van der Waals surface area contributed by atoms with Crippen LogP contribution in [0.15, 0.2) is 72.1 Å². The molecule has 2 unspecified atom stereocenters. The molecular weight excluding hydrogens is 1640 g/mol. The summed E-state index contributed by atoms with van der Waals surface area (Å²) in [5.41, 5.74) is 16.2. The molecule has 4 fully saturated rings. The van der Waals surface area contributed by atoms with Gasteiger partial charge in [0.15, 0.2) is 12.0 Å². The highest BCUT2D eigenvalue weighted by Crippen LogP contribution is 2.60. The third-order valence-corrected chi connectivity index (χ3v) is 27.5. The largest absolute Gasteiger partial charge is 0.508 e. The van der Waals surface area contributed by atoms with Crippen LogP contribution in [0.4, 0.5) is 21.0 Å². The number of aliphatic hydroxyl groups excluding tert-OH is 4. The summed E-state index contributed by atoms with van der Waals surface area (Å²) >= 11 is 0. The van der Waals surface area contributed by atoms with E-state index in [1.165, 1.54) is 15.5 Å². The number of ether oxygens (including phenoxy) is 7. The van der Waals surface area contributed by atoms with Crippen LogP contribution in [0.25, 0.3) is 0 Å². The Balaban J connectivity index is 0.660. The number of Topliss-reactive ketones (excluding diaryl/α,β-unsaturated/α-hetero) is 1. The van der Waals surface area contributed by atoms with E-state index in [9.17, 15) is 78.3 Å². The number of imide groups is 2. The third kappa shape index (κ3) is 24.6. The van der Waals surface area contributed by atoms with Gasteiger partial charge in [0, 0.05) is 55.6 Å². The fourth-order valence-electron chi connectivity index (χ4n) is 20.4. The van der Waals surface area contributed by atoms with Gasteiger partial charge in [-0.1, -0.05) is 98.4 Å². The molecule has 0 aromatic heterocycles. The Bertz CT molecular complexity index is 4380. The van der Waals surface area contributed by atoms with Gasteiger partial charge in [0.2, 0.25) is 47.3 Å². The Morgan fingerprint density at radius 1 is 0.646 bits per heavy atom. The number of hydrazine groups is 2. The normalized spacial score (nSPS) is 26.9. The number of aromatic hydroxyl groups is 1. The summed E-state index contributed by atoms with van der Waals surface area (Å²) in [7, 11) is 0. The number of benzene rings is 3. The molecular formula is C92H134N12O23. The molecule has 0 radical (unpaired) electrons. The zero-order valence-electron chi connectivity index (χ0n) is 74.5. The van der Waals surface area contributed by atoms with Gasteiger partial charge in [-0.3, -0.25) is 63.7 Å². The molecule has 3 aliphatic heterocycles. The number of nitrogens with zero attached hydrogens (tertiary/aromatic N) is 2. The number of primary amides is 1. The van der Waals surface area contributed by atoms with Crippen molar-refractivity contribution in [2.45, 2.75) is 262 Å². The maximum absolute atomic E-state index is 14.9. The lowest BCUT2D eigenvalue weighted by Crippen LogP contribution is -2.64. The summed E-state index contributed by atoms with van der Waals surface area (Å²) in [5, 5.41) is 73.8. The van der Waals surface area contributed by atoms with Crippen LogP contribution < -0.4 is 53.9 Å². The smallest absolute Gasteiger partial charge is 0.411 e. The number of unbranched alkanes of at least 4 members (excludes halogenated alkanes) is 1. The fraction of sp³-hybridized carbons (Fsp3) is 0.663. The van der Waals surface area contributed by atoms with Gasteiger partial charge in [-0.05, 0) is 196 Å². The predicted molar refractivity (Wildman–Crippen MR) is 464 cm³/mol. The molecule has 2 saturated carbocycles. The summed E-state index contributed by atoms with van der Waals surface area (Å²) in [6.45, 7) is 14.5. The molecule has 11 amide bonds. The number of anilines is 2. The van der Waals surface area contributed by atoms with Crippen molar-refractivity contribution in [3.8, 4) is 5.75 Å². The first-order valence-electron chi connectivity index (χ1n) is 45.5. The van der Waals surface area contributed by atoms with Crippen LogP contribution in [-0.2, 0) is 107 Å². The maximum atomic E-state index is 14.9. The molecule has 2 saturated heterocycles. The molecule has 3 aromatic rings. The molecule has 3 heterocycles. The van der Waals surface area contributed by atoms with Gasteiger partial charge in [0.05, 0.1) is 94.3 Å². The van der Waals surface area contributed by atoms with Gasteiger partial charge in [-0.2, -0.15) is 0 Å². The van der Waals surface area contributed by atoms with Crippen molar-refractivity contribution in [1.29, 1.82) is 0 Å². The summed E-state index contributed by atoms with van der Waals surface area (Å²) in [6, 6.07) is 14.9. The summed E-state index contributed by atoms with van der Waals surface area (Å²) in [4.78, 5) is 151. The van der Waals surface area contributed by atoms with E-state index in [1.807, 2.05) is 44.2 Å². The number of amides is 11. The quantitative estimate of drug-likeness (QED) is 0.0231. The molecule has 16 N–H and O–H groups in total. The Labute approximate surface area is 742 Å². The van der Waals surface area contributed by atoms with E-state index >= 15 is 0 Å². The highest BCUT2D eigenvalue weighted by molar-refractivity contribution is 6.03. The first-order valence-corrected chi connectivity index (χ1v) is 45.5.